The van der Waals surface area contributed by atoms with Crippen molar-refractivity contribution in [2.24, 2.45) is 0 Å². The number of rotatable bonds is 4. The van der Waals surface area contributed by atoms with Gasteiger partial charge in [0.15, 0.2) is 16.3 Å². The first-order valence-electron chi connectivity index (χ1n) is 6.95. The molecule has 0 amide bonds. The summed E-state index contributed by atoms with van der Waals surface area (Å²) in [5.41, 5.74) is 1.56. The highest BCUT2D eigenvalue weighted by atomic mass is 32.1. The number of fused-ring (bicyclic) bond motifs is 1. The predicted molar refractivity (Wildman–Crippen MR) is 80.9 cm³/mol. The van der Waals surface area contributed by atoms with E-state index in [-0.39, 0.29) is 11.6 Å². The van der Waals surface area contributed by atoms with Crippen molar-refractivity contribution in [2.75, 3.05) is 40.0 Å². The Balaban J connectivity index is 1.86. The normalized spacial score (nSPS) is 16.5. The Kier molecular flexibility index (Phi) is 4.23. The minimum absolute atomic E-state index is 0.233. The number of hydrogen-bond acceptors (Lipinski definition) is 4. The van der Waals surface area contributed by atoms with Gasteiger partial charge in [0, 0.05) is 38.3 Å². The Morgan fingerprint density at radius 1 is 1.33 bits per heavy atom. The van der Waals surface area contributed by atoms with Crippen molar-refractivity contribution in [3.63, 3.8) is 0 Å². The minimum Gasteiger partial charge on any atom is -0.494 e. The summed E-state index contributed by atoms with van der Waals surface area (Å²) in [6.07, 6.45) is 0. The van der Waals surface area contributed by atoms with Crippen LogP contribution in [0.1, 0.15) is 0 Å². The number of nitrogens with one attached hydrogen (secondary N) is 1. The molecule has 2 heterocycles. The summed E-state index contributed by atoms with van der Waals surface area (Å²) in [6.45, 7) is 5.08. The molecule has 1 fully saturated rings. The van der Waals surface area contributed by atoms with Crippen LogP contribution in [-0.4, -0.2) is 54.4 Å². The maximum atomic E-state index is 13.7. The zero-order valence-electron chi connectivity index (χ0n) is 11.9. The van der Waals surface area contributed by atoms with Gasteiger partial charge in [0.25, 0.3) is 0 Å². The third kappa shape index (κ3) is 2.95. The van der Waals surface area contributed by atoms with Crippen LogP contribution in [0.4, 0.5) is 4.39 Å². The van der Waals surface area contributed by atoms with Crippen molar-refractivity contribution < 1.29 is 13.9 Å². The second kappa shape index (κ2) is 6.13. The molecule has 0 bridgehead atoms. The standard InChI is InChI=1S/C14H18FN3O2S/c1-19-13-9-12-11(8-10(13)15)16-14(21)18(12)3-2-17-4-6-20-7-5-17/h8-9H,2-7H2,1H3,(H,16,21). The van der Waals surface area contributed by atoms with Crippen LogP contribution in [0.3, 0.4) is 0 Å². The fourth-order valence-corrected chi connectivity index (χ4v) is 2.90. The molecule has 1 saturated heterocycles. The van der Waals surface area contributed by atoms with Gasteiger partial charge in [-0.1, -0.05) is 0 Å². The smallest absolute Gasteiger partial charge is 0.178 e. The van der Waals surface area contributed by atoms with E-state index in [0.717, 1.165) is 44.9 Å². The largest absolute Gasteiger partial charge is 0.494 e. The molecule has 0 spiro atoms. The molecule has 0 unspecified atom stereocenters. The van der Waals surface area contributed by atoms with Gasteiger partial charge < -0.3 is 19.0 Å². The molecule has 114 valence electrons. The molecule has 0 radical (unpaired) electrons. The molecule has 3 rings (SSSR count). The zero-order valence-corrected chi connectivity index (χ0v) is 12.7. The van der Waals surface area contributed by atoms with Crippen molar-refractivity contribution in [1.29, 1.82) is 0 Å². The molecule has 1 aliphatic rings. The summed E-state index contributed by atoms with van der Waals surface area (Å²) in [4.78, 5) is 5.38. The van der Waals surface area contributed by atoms with Gasteiger partial charge in [0.2, 0.25) is 0 Å². The Bertz CT molecular complexity index is 691. The first-order chi connectivity index (χ1) is 10.2. The quantitative estimate of drug-likeness (QED) is 0.879. The van der Waals surface area contributed by atoms with E-state index in [4.69, 9.17) is 21.7 Å². The van der Waals surface area contributed by atoms with Crippen LogP contribution in [0.25, 0.3) is 11.0 Å². The van der Waals surface area contributed by atoms with Crippen LogP contribution < -0.4 is 4.74 Å². The van der Waals surface area contributed by atoms with E-state index in [1.165, 1.54) is 13.2 Å². The molecule has 1 aromatic carbocycles. The van der Waals surface area contributed by atoms with Crippen LogP contribution in [0, 0.1) is 10.6 Å². The molecule has 1 N–H and O–H groups in total. The van der Waals surface area contributed by atoms with Crippen molar-refractivity contribution in [1.82, 2.24) is 14.5 Å². The highest BCUT2D eigenvalue weighted by Gasteiger charge is 2.13. The van der Waals surface area contributed by atoms with E-state index < -0.39 is 0 Å². The first kappa shape index (κ1) is 14.5. The van der Waals surface area contributed by atoms with Gasteiger partial charge in [-0.3, -0.25) is 4.90 Å². The number of hydrogen-bond donors (Lipinski definition) is 1. The SMILES string of the molecule is COc1cc2c(cc1F)[nH]c(=S)n2CCN1CCOCC1. The molecular weight excluding hydrogens is 293 g/mol. The third-order valence-corrected chi connectivity index (χ3v) is 4.11. The average Bonchev–Trinajstić information content (AvgIpc) is 2.79. The molecule has 5 nitrogen and oxygen atoms in total. The van der Waals surface area contributed by atoms with E-state index >= 15 is 0 Å². The first-order valence-corrected chi connectivity index (χ1v) is 7.36. The van der Waals surface area contributed by atoms with Crippen molar-refractivity contribution >= 4 is 23.3 Å². The number of aromatic amines is 1. The van der Waals surface area contributed by atoms with E-state index in [1.807, 2.05) is 4.57 Å². The molecule has 7 heteroatoms. The molecule has 0 atom stereocenters. The fraction of sp³-hybridized carbons (Fsp3) is 0.500. The average molecular weight is 311 g/mol. The third-order valence-electron chi connectivity index (χ3n) is 3.79. The Hall–Kier alpha value is -1.44. The summed E-state index contributed by atoms with van der Waals surface area (Å²) in [5.74, 6) is -0.154. The van der Waals surface area contributed by atoms with Gasteiger partial charge in [-0.15, -0.1) is 0 Å². The van der Waals surface area contributed by atoms with Gasteiger partial charge in [-0.05, 0) is 12.2 Å². The molecule has 1 aliphatic heterocycles. The van der Waals surface area contributed by atoms with Gasteiger partial charge in [-0.25, -0.2) is 4.39 Å². The van der Waals surface area contributed by atoms with Gasteiger partial charge >= 0.3 is 0 Å². The Morgan fingerprint density at radius 2 is 2.10 bits per heavy atom. The van der Waals surface area contributed by atoms with Gasteiger partial charge in [0.05, 0.1) is 31.4 Å². The lowest BCUT2D eigenvalue weighted by atomic mass is 10.3. The number of imidazole rings is 1. The highest BCUT2D eigenvalue weighted by Crippen LogP contribution is 2.24. The van der Waals surface area contributed by atoms with Crippen molar-refractivity contribution in [3.05, 3.63) is 22.7 Å². The highest BCUT2D eigenvalue weighted by molar-refractivity contribution is 7.71. The number of nitrogens with zero attached hydrogens (tertiary/aromatic N) is 2. The second-order valence-corrected chi connectivity index (χ2v) is 5.43. The van der Waals surface area contributed by atoms with Crippen LogP contribution in [0.2, 0.25) is 0 Å². The number of ether oxygens (including phenoxy) is 2. The van der Waals surface area contributed by atoms with Crippen LogP contribution in [0.5, 0.6) is 5.75 Å². The van der Waals surface area contributed by atoms with Crippen LogP contribution >= 0.6 is 12.2 Å². The van der Waals surface area contributed by atoms with Crippen molar-refractivity contribution in [3.8, 4) is 5.75 Å². The Labute approximate surface area is 127 Å². The lowest BCUT2D eigenvalue weighted by Crippen LogP contribution is -2.38. The van der Waals surface area contributed by atoms with Crippen molar-refractivity contribution in [2.45, 2.75) is 6.54 Å². The second-order valence-electron chi connectivity index (χ2n) is 5.04. The number of benzene rings is 1. The number of methoxy groups -OCH3 is 1. The number of halogens is 1. The van der Waals surface area contributed by atoms with Crippen LogP contribution in [-0.2, 0) is 11.3 Å². The van der Waals surface area contributed by atoms with Gasteiger partial charge in [0.1, 0.15) is 0 Å². The van der Waals surface area contributed by atoms with Gasteiger partial charge in [-0.2, -0.15) is 0 Å². The minimum atomic E-state index is -0.387. The lowest BCUT2D eigenvalue weighted by molar-refractivity contribution is 0.0365. The Morgan fingerprint density at radius 3 is 2.81 bits per heavy atom. The number of morpholine rings is 1. The molecule has 0 saturated carbocycles. The molecular formula is C14H18FN3O2S. The molecule has 21 heavy (non-hydrogen) atoms. The summed E-state index contributed by atoms with van der Waals surface area (Å²) in [7, 11) is 1.46. The van der Waals surface area contributed by atoms with E-state index in [2.05, 4.69) is 9.88 Å². The van der Waals surface area contributed by atoms with E-state index in [1.54, 1.807) is 6.07 Å². The monoisotopic (exact) mass is 311 g/mol. The fourth-order valence-electron chi connectivity index (χ4n) is 2.60. The summed E-state index contributed by atoms with van der Waals surface area (Å²) < 4.78 is 26.7. The zero-order chi connectivity index (χ0) is 14.8. The molecule has 1 aromatic heterocycles. The molecule has 2 aromatic rings. The predicted octanol–water partition coefficient (Wildman–Crippen LogP) is 2.18. The van der Waals surface area contributed by atoms with E-state index in [0.29, 0.717) is 10.3 Å². The maximum absolute atomic E-state index is 13.7. The number of aromatic nitrogens is 2. The summed E-state index contributed by atoms with van der Waals surface area (Å²) in [6, 6.07) is 3.12. The maximum Gasteiger partial charge on any atom is 0.178 e. The summed E-state index contributed by atoms with van der Waals surface area (Å²) in [5, 5.41) is 0. The van der Waals surface area contributed by atoms with E-state index in [9.17, 15) is 4.39 Å². The summed E-state index contributed by atoms with van der Waals surface area (Å²) >= 11 is 5.34. The lowest BCUT2D eigenvalue weighted by Gasteiger charge is -2.26. The molecule has 0 aliphatic carbocycles. The van der Waals surface area contributed by atoms with Crippen LogP contribution in [0.15, 0.2) is 12.1 Å². The number of H-pyrrole nitrogens is 1. The topological polar surface area (TPSA) is 42.4 Å².